The van der Waals surface area contributed by atoms with E-state index in [1.807, 2.05) is 48.7 Å². The van der Waals surface area contributed by atoms with Gasteiger partial charge in [-0.25, -0.2) is 0 Å². The number of nitrogens with zero attached hydrogens (tertiary/aromatic N) is 2. The number of aromatic hydroxyl groups is 1. The van der Waals surface area contributed by atoms with E-state index in [2.05, 4.69) is 22.1 Å². The summed E-state index contributed by atoms with van der Waals surface area (Å²) in [6, 6.07) is 20.5. The number of carbonyl (C=O) groups is 1. The maximum Gasteiger partial charge on any atom is 0.320 e. The number of para-hydroxylation sites is 2. The van der Waals surface area contributed by atoms with Crippen LogP contribution in [0.25, 0.3) is 21.8 Å². The van der Waals surface area contributed by atoms with Gasteiger partial charge in [0.15, 0.2) is 0 Å². The lowest BCUT2D eigenvalue weighted by Gasteiger charge is -1.96. The van der Waals surface area contributed by atoms with Gasteiger partial charge in [-0.15, -0.1) is 0 Å². The fourth-order valence-electron chi connectivity index (χ4n) is 2.10. The normalized spacial score (nSPS) is 10.9. The van der Waals surface area contributed by atoms with Gasteiger partial charge in [0.2, 0.25) is 0 Å². The number of phenolic OH excluding ortho intramolecular Hbond substituents is 1. The van der Waals surface area contributed by atoms with Crippen LogP contribution in [-0.4, -0.2) is 32.2 Å². The van der Waals surface area contributed by atoms with Gasteiger partial charge in [-0.05, 0) is 31.2 Å². The average Bonchev–Trinajstić information content (AvgIpc) is 2.69. The van der Waals surface area contributed by atoms with E-state index in [1.165, 1.54) is 12.3 Å². The summed E-state index contributed by atoms with van der Waals surface area (Å²) in [7, 11) is 0. The number of hydrogen-bond donors (Lipinski definition) is 3. The molecule has 0 saturated carbocycles. The van der Waals surface area contributed by atoms with Crippen LogP contribution >= 0.6 is 0 Å². The molecular weight excluding hydrogens is 342 g/mol. The lowest BCUT2D eigenvalue weighted by molar-refractivity contribution is -0.138. The standard InChI is InChI=1S/C9H7NO.C9H7N.C3H7NO2/c11-8-5-1-3-7-4-2-6-10-9(7)8;1-2-6-9-8(4-1)5-3-7-10-9;1-2(4)3(5)6/h1-6,11H;1-7H;2H,4H2,1H3,(H,5,6). The fourth-order valence-corrected chi connectivity index (χ4v) is 2.10. The summed E-state index contributed by atoms with van der Waals surface area (Å²) in [5, 5.41) is 19.3. The van der Waals surface area contributed by atoms with Gasteiger partial charge in [0.1, 0.15) is 17.3 Å². The van der Waals surface area contributed by atoms with E-state index in [9.17, 15) is 9.90 Å². The molecule has 1 unspecified atom stereocenters. The van der Waals surface area contributed by atoms with Crippen LogP contribution in [0.5, 0.6) is 5.75 Å². The molecule has 0 bridgehead atoms. The molecule has 2 heterocycles. The number of carboxylic acids is 1. The van der Waals surface area contributed by atoms with Gasteiger partial charge >= 0.3 is 5.97 Å². The zero-order chi connectivity index (χ0) is 19.6. The van der Waals surface area contributed by atoms with E-state index >= 15 is 0 Å². The second-order valence-electron chi connectivity index (χ2n) is 5.68. The molecule has 0 fully saturated rings. The number of pyridine rings is 2. The number of rotatable bonds is 1. The Morgan fingerprint density at radius 1 is 0.889 bits per heavy atom. The van der Waals surface area contributed by atoms with Gasteiger partial charge in [-0.2, -0.15) is 0 Å². The van der Waals surface area contributed by atoms with Crippen molar-refractivity contribution < 1.29 is 15.0 Å². The summed E-state index contributed by atoms with van der Waals surface area (Å²) >= 11 is 0. The monoisotopic (exact) mass is 363 g/mol. The number of hydrogen-bond acceptors (Lipinski definition) is 5. The first-order valence-corrected chi connectivity index (χ1v) is 8.30. The molecule has 4 aromatic rings. The first kappa shape index (κ1) is 19.8. The summed E-state index contributed by atoms with van der Waals surface area (Å²) in [6.07, 6.45) is 3.48. The van der Waals surface area contributed by atoms with Gasteiger partial charge in [0, 0.05) is 23.2 Å². The lowest BCUT2D eigenvalue weighted by Crippen LogP contribution is -2.25. The predicted molar refractivity (Wildman–Crippen MR) is 106 cm³/mol. The molecule has 0 aliphatic carbocycles. The van der Waals surface area contributed by atoms with Crippen LogP contribution in [0, 0.1) is 0 Å². The molecule has 1 atom stereocenters. The summed E-state index contributed by atoms with van der Waals surface area (Å²) in [5.41, 5.74) is 6.56. The Kier molecular flexibility index (Phi) is 7.22. The largest absolute Gasteiger partial charge is 0.506 e. The molecule has 0 spiro atoms. The zero-order valence-corrected chi connectivity index (χ0v) is 14.9. The van der Waals surface area contributed by atoms with Crippen molar-refractivity contribution in [1.82, 2.24) is 9.97 Å². The van der Waals surface area contributed by atoms with Crippen molar-refractivity contribution in [3.63, 3.8) is 0 Å². The van der Waals surface area contributed by atoms with Crippen LogP contribution in [0.1, 0.15) is 6.92 Å². The van der Waals surface area contributed by atoms with Crippen LogP contribution in [0.15, 0.2) is 79.1 Å². The number of carboxylic acid groups (broad SMARTS) is 1. The molecule has 4 rings (SSSR count). The molecule has 27 heavy (non-hydrogen) atoms. The third-order valence-corrected chi connectivity index (χ3v) is 3.51. The Morgan fingerprint density at radius 3 is 2.07 bits per heavy atom. The smallest absolute Gasteiger partial charge is 0.320 e. The van der Waals surface area contributed by atoms with E-state index in [0.717, 1.165) is 10.9 Å². The van der Waals surface area contributed by atoms with E-state index < -0.39 is 12.0 Å². The van der Waals surface area contributed by atoms with Gasteiger partial charge in [-0.3, -0.25) is 14.8 Å². The number of nitrogens with two attached hydrogens (primary N) is 1. The minimum Gasteiger partial charge on any atom is -0.506 e. The van der Waals surface area contributed by atoms with Gasteiger partial charge in [0.25, 0.3) is 0 Å². The molecule has 138 valence electrons. The molecule has 0 amide bonds. The summed E-state index contributed by atoms with van der Waals surface area (Å²) in [6.45, 7) is 1.42. The van der Waals surface area contributed by atoms with Crippen molar-refractivity contribution in [3.05, 3.63) is 79.1 Å². The maximum absolute atomic E-state index is 9.57. The summed E-state index contributed by atoms with van der Waals surface area (Å²) in [4.78, 5) is 17.8. The van der Waals surface area contributed by atoms with Crippen molar-refractivity contribution >= 4 is 27.8 Å². The predicted octanol–water partition coefficient (Wildman–Crippen LogP) is 3.59. The number of aromatic nitrogens is 2. The molecule has 6 nitrogen and oxygen atoms in total. The topological polar surface area (TPSA) is 109 Å². The highest BCUT2D eigenvalue weighted by molar-refractivity contribution is 5.83. The molecule has 2 aromatic carbocycles. The SMILES string of the molecule is CC(N)C(=O)O.Oc1cccc2cccnc12.c1ccc2ncccc2c1. The van der Waals surface area contributed by atoms with Crippen LogP contribution in [0.2, 0.25) is 0 Å². The first-order valence-electron chi connectivity index (χ1n) is 8.30. The third kappa shape index (κ3) is 6.05. The van der Waals surface area contributed by atoms with Gasteiger partial charge in [-0.1, -0.05) is 42.5 Å². The van der Waals surface area contributed by atoms with E-state index in [0.29, 0.717) is 5.52 Å². The van der Waals surface area contributed by atoms with E-state index in [1.54, 1.807) is 18.3 Å². The van der Waals surface area contributed by atoms with Crippen LogP contribution < -0.4 is 5.73 Å². The quantitative estimate of drug-likeness (QED) is 0.477. The second-order valence-corrected chi connectivity index (χ2v) is 5.68. The summed E-state index contributed by atoms with van der Waals surface area (Å²) < 4.78 is 0. The van der Waals surface area contributed by atoms with Crippen LogP contribution in [-0.2, 0) is 4.79 Å². The number of aliphatic carboxylic acids is 1. The van der Waals surface area contributed by atoms with Gasteiger partial charge in [0.05, 0.1) is 5.52 Å². The van der Waals surface area contributed by atoms with Crippen molar-refractivity contribution in [3.8, 4) is 5.75 Å². The Hall–Kier alpha value is -3.51. The summed E-state index contributed by atoms with van der Waals surface area (Å²) in [5.74, 6) is -0.724. The Bertz CT molecular complexity index is 949. The molecule has 0 radical (unpaired) electrons. The Morgan fingerprint density at radius 2 is 1.44 bits per heavy atom. The van der Waals surface area contributed by atoms with E-state index in [-0.39, 0.29) is 5.75 Å². The number of fused-ring (bicyclic) bond motifs is 2. The highest BCUT2D eigenvalue weighted by Gasteiger charge is 1.99. The van der Waals surface area contributed by atoms with Crippen molar-refractivity contribution in [2.24, 2.45) is 5.73 Å². The van der Waals surface area contributed by atoms with Gasteiger partial charge < -0.3 is 15.9 Å². The Balaban J connectivity index is 0.000000153. The van der Waals surface area contributed by atoms with Crippen LogP contribution in [0.3, 0.4) is 0 Å². The number of benzene rings is 2. The molecule has 0 aliphatic heterocycles. The second kappa shape index (κ2) is 9.84. The van der Waals surface area contributed by atoms with Crippen molar-refractivity contribution in [2.45, 2.75) is 13.0 Å². The molecule has 6 heteroatoms. The molecule has 0 aliphatic rings. The van der Waals surface area contributed by atoms with Crippen molar-refractivity contribution in [1.29, 1.82) is 0 Å². The Labute approximate surface area is 156 Å². The highest BCUT2D eigenvalue weighted by atomic mass is 16.4. The minimum absolute atomic E-state index is 0.239. The van der Waals surface area contributed by atoms with E-state index in [4.69, 9.17) is 10.8 Å². The maximum atomic E-state index is 9.57. The zero-order valence-electron chi connectivity index (χ0n) is 14.9. The van der Waals surface area contributed by atoms with Crippen molar-refractivity contribution in [2.75, 3.05) is 0 Å². The number of phenols is 1. The first-order chi connectivity index (χ1) is 13.0. The fraction of sp³-hybridized carbons (Fsp3) is 0.0952. The van der Waals surface area contributed by atoms with Crippen LogP contribution in [0.4, 0.5) is 0 Å². The highest BCUT2D eigenvalue weighted by Crippen LogP contribution is 2.20. The molecule has 2 aromatic heterocycles. The lowest BCUT2D eigenvalue weighted by atomic mass is 10.2. The molecule has 4 N–H and O–H groups in total. The molecule has 0 saturated heterocycles. The minimum atomic E-state index is -0.963. The third-order valence-electron chi connectivity index (χ3n) is 3.51. The average molecular weight is 363 g/mol. The molecular formula is C21H21N3O3.